The van der Waals surface area contributed by atoms with Crippen LogP contribution in [0.4, 0.5) is 24.5 Å². The van der Waals surface area contributed by atoms with Gasteiger partial charge in [0.25, 0.3) is 0 Å². The van der Waals surface area contributed by atoms with Crippen LogP contribution in [0.3, 0.4) is 0 Å². The molecule has 32 heavy (non-hydrogen) atoms. The highest BCUT2D eigenvalue weighted by atomic mass is 19.4. The van der Waals surface area contributed by atoms with Crippen molar-refractivity contribution in [2.24, 2.45) is 5.92 Å². The highest BCUT2D eigenvalue weighted by molar-refractivity contribution is 5.82. The first-order valence-electron chi connectivity index (χ1n) is 10.8. The van der Waals surface area contributed by atoms with Crippen LogP contribution in [0.15, 0.2) is 42.5 Å². The van der Waals surface area contributed by atoms with Crippen LogP contribution in [0.25, 0.3) is 0 Å². The van der Waals surface area contributed by atoms with Crippen molar-refractivity contribution in [3.8, 4) is 5.75 Å². The molecule has 0 bridgehead atoms. The Morgan fingerprint density at radius 1 is 1.12 bits per heavy atom. The standard InChI is InChI=1S/C24H28F3N3O2/c1-15(2)28-23(31)18-13-16-12-17(24(25,26)27)8-9-19(16)30-11-10-29(14-21(18)30)20-6-4-5-7-22(20)32-3/h4-9,12,15,18,21H,10-11,13-14H2,1-3H3,(H,28,31)/t18-,21+/m0/s1. The Balaban J connectivity index is 1.70. The van der Waals surface area contributed by atoms with Crippen molar-refractivity contribution in [3.63, 3.8) is 0 Å². The smallest absolute Gasteiger partial charge is 0.416 e. The summed E-state index contributed by atoms with van der Waals surface area (Å²) in [5, 5.41) is 2.97. The Morgan fingerprint density at radius 2 is 1.88 bits per heavy atom. The molecule has 0 aromatic heterocycles. The molecule has 8 heteroatoms. The van der Waals surface area contributed by atoms with Crippen molar-refractivity contribution in [3.05, 3.63) is 53.6 Å². The Bertz CT molecular complexity index is 993. The van der Waals surface area contributed by atoms with E-state index in [9.17, 15) is 18.0 Å². The molecule has 0 radical (unpaired) electrons. The van der Waals surface area contributed by atoms with Gasteiger partial charge >= 0.3 is 6.18 Å². The van der Waals surface area contributed by atoms with Crippen LogP contribution >= 0.6 is 0 Å². The molecular formula is C24H28F3N3O2. The molecule has 172 valence electrons. The number of alkyl halides is 3. The fraction of sp³-hybridized carbons (Fsp3) is 0.458. The molecule has 5 nitrogen and oxygen atoms in total. The fourth-order valence-electron chi connectivity index (χ4n) is 4.80. The topological polar surface area (TPSA) is 44.8 Å². The summed E-state index contributed by atoms with van der Waals surface area (Å²) in [7, 11) is 1.63. The number of rotatable bonds is 4. The van der Waals surface area contributed by atoms with E-state index in [1.54, 1.807) is 13.2 Å². The number of hydrogen-bond donors (Lipinski definition) is 1. The van der Waals surface area contributed by atoms with Crippen LogP contribution < -0.4 is 19.9 Å². The number of ether oxygens (including phenoxy) is 1. The lowest BCUT2D eigenvalue weighted by Gasteiger charge is -2.50. The normalized spacial score (nSPS) is 20.6. The Labute approximate surface area is 186 Å². The summed E-state index contributed by atoms with van der Waals surface area (Å²) in [4.78, 5) is 17.4. The van der Waals surface area contributed by atoms with Crippen LogP contribution in [0, 0.1) is 5.92 Å². The summed E-state index contributed by atoms with van der Waals surface area (Å²) in [6.45, 7) is 5.63. The molecule has 1 saturated heterocycles. The summed E-state index contributed by atoms with van der Waals surface area (Å²) in [5.74, 6) is 0.181. The number of anilines is 2. The van der Waals surface area contributed by atoms with Crippen molar-refractivity contribution in [2.75, 3.05) is 36.5 Å². The highest BCUT2D eigenvalue weighted by Gasteiger charge is 2.43. The molecule has 2 aromatic rings. The lowest BCUT2D eigenvalue weighted by atomic mass is 9.82. The maximum absolute atomic E-state index is 13.3. The van der Waals surface area contributed by atoms with Crippen LogP contribution in [0.2, 0.25) is 0 Å². The molecular weight excluding hydrogens is 419 g/mol. The number of methoxy groups -OCH3 is 1. The highest BCUT2D eigenvalue weighted by Crippen LogP contribution is 2.41. The second kappa shape index (κ2) is 8.56. The summed E-state index contributed by atoms with van der Waals surface area (Å²) in [6.07, 6.45) is -4.14. The van der Waals surface area contributed by atoms with Crippen LogP contribution in [0.5, 0.6) is 5.75 Å². The molecule has 0 aliphatic carbocycles. The Morgan fingerprint density at radius 3 is 2.56 bits per heavy atom. The monoisotopic (exact) mass is 447 g/mol. The van der Waals surface area contributed by atoms with E-state index >= 15 is 0 Å². The number of amides is 1. The first-order chi connectivity index (χ1) is 15.2. The van der Waals surface area contributed by atoms with Gasteiger partial charge in [-0.2, -0.15) is 13.2 Å². The third kappa shape index (κ3) is 4.23. The zero-order chi connectivity index (χ0) is 23.0. The van der Waals surface area contributed by atoms with Crippen molar-refractivity contribution >= 4 is 17.3 Å². The van der Waals surface area contributed by atoms with Crippen molar-refractivity contribution < 1.29 is 22.7 Å². The number of para-hydroxylation sites is 2. The van der Waals surface area contributed by atoms with E-state index in [-0.39, 0.29) is 24.4 Å². The van der Waals surface area contributed by atoms with Crippen LogP contribution in [-0.2, 0) is 17.4 Å². The molecule has 1 fully saturated rings. The average Bonchev–Trinajstić information content (AvgIpc) is 2.76. The predicted molar refractivity (Wildman–Crippen MR) is 118 cm³/mol. The molecule has 0 spiro atoms. The minimum atomic E-state index is -4.41. The lowest BCUT2D eigenvalue weighted by molar-refractivity contribution is -0.137. The van der Waals surface area contributed by atoms with E-state index in [2.05, 4.69) is 15.1 Å². The minimum absolute atomic E-state index is 0.0484. The Hall–Kier alpha value is -2.90. The maximum Gasteiger partial charge on any atom is 0.416 e. The largest absolute Gasteiger partial charge is 0.495 e. The van der Waals surface area contributed by atoms with Crippen molar-refractivity contribution in [1.82, 2.24) is 5.32 Å². The third-order valence-corrected chi connectivity index (χ3v) is 6.23. The van der Waals surface area contributed by atoms with E-state index in [4.69, 9.17) is 4.74 Å². The van der Waals surface area contributed by atoms with Crippen molar-refractivity contribution in [2.45, 2.75) is 38.5 Å². The number of nitrogens with zero attached hydrogens (tertiary/aromatic N) is 2. The van der Waals surface area contributed by atoms with Gasteiger partial charge in [0, 0.05) is 31.4 Å². The third-order valence-electron chi connectivity index (χ3n) is 6.23. The molecule has 2 aliphatic heterocycles. The number of fused-ring (bicyclic) bond motifs is 3. The summed E-state index contributed by atoms with van der Waals surface area (Å²) < 4.78 is 45.5. The second-order valence-corrected chi connectivity index (χ2v) is 8.69. The first-order valence-corrected chi connectivity index (χ1v) is 10.8. The van der Waals surface area contributed by atoms with Gasteiger partial charge in [0.2, 0.25) is 5.91 Å². The zero-order valence-electron chi connectivity index (χ0n) is 18.4. The molecule has 1 amide bonds. The van der Waals surface area contributed by atoms with Gasteiger partial charge in [-0.05, 0) is 56.2 Å². The Kier molecular flexibility index (Phi) is 5.97. The van der Waals surface area contributed by atoms with E-state index in [0.717, 1.165) is 23.2 Å². The van der Waals surface area contributed by atoms with E-state index in [1.165, 1.54) is 6.07 Å². The van der Waals surface area contributed by atoms with E-state index < -0.39 is 17.7 Å². The number of piperazine rings is 1. The quantitative estimate of drug-likeness (QED) is 0.767. The van der Waals surface area contributed by atoms with Gasteiger partial charge in [-0.3, -0.25) is 4.79 Å². The lowest BCUT2D eigenvalue weighted by Crippen LogP contribution is -2.61. The second-order valence-electron chi connectivity index (χ2n) is 8.69. The van der Waals surface area contributed by atoms with Gasteiger partial charge in [0.05, 0.1) is 30.3 Å². The van der Waals surface area contributed by atoms with Crippen LogP contribution in [0.1, 0.15) is 25.0 Å². The summed E-state index contributed by atoms with van der Waals surface area (Å²) in [5.41, 5.74) is 1.64. The number of halogens is 3. The molecule has 2 aliphatic rings. The maximum atomic E-state index is 13.3. The van der Waals surface area contributed by atoms with Gasteiger partial charge < -0.3 is 19.9 Å². The zero-order valence-corrected chi connectivity index (χ0v) is 18.4. The number of carbonyl (C=O) groups is 1. The molecule has 2 atom stereocenters. The molecule has 0 unspecified atom stereocenters. The van der Waals surface area contributed by atoms with Gasteiger partial charge in [0.1, 0.15) is 5.75 Å². The van der Waals surface area contributed by atoms with Crippen LogP contribution in [-0.4, -0.2) is 44.7 Å². The van der Waals surface area contributed by atoms with Crippen molar-refractivity contribution in [1.29, 1.82) is 0 Å². The molecule has 2 aromatic carbocycles. The summed E-state index contributed by atoms with van der Waals surface area (Å²) >= 11 is 0. The van der Waals surface area contributed by atoms with Gasteiger partial charge in [-0.15, -0.1) is 0 Å². The molecule has 2 heterocycles. The number of benzene rings is 2. The predicted octanol–water partition coefficient (Wildman–Crippen LogP) is 4.11. The van der Waals surface area contributed by atoms with Gasteiger partial charge in [-0.1, -0.05) is 12.1 Å². The van der Waals surface area contributed by atoms with E-state index in [0.29, 0.717) is 25.2 Å². The molecule has 1 N–H and O–H groups in total. The number of carbonyl (C=O) groups excluding carboxylic acids is 1. The number of nitrogens with one attached hydrogen (secondary N) is 1. The fourth-order valence-corrected chi connectivity index (χ4v) is 4.80. The molecule has 4 rings (SSSR count). The van der Waals surface area contributed by atoms with Gasteiger partial charge in [-0.25, -0.2) is 0 Å². The minimum Gasteiger partial charge on any atom is -0.495 e. The first kappa shape index (κ1) is 22.3. The van der Waals surface area contributed by atoms with Gasteiger partial charge in [0.15, 0.2) is 0 Å². The molecule has 0 saturated carbocycles. The summed E-state index contributed by atoms with van der Waals surface area (Å²) in [6, 6.07) is 11.4. The number of hydrogen-bond acceptors (Lipinski definition) is 4. The average molecular weight is 448 g/mol. The van der Waals surface area contributed by atoms with E-state index in [1.807, 2.05) is 38.1 Å². The SMILES string of the molecule is COc1ccccc1N1CCN2c3ccc(C(F)(F)F)cc3C[C@H](C(=O)NC(C)C)[C@H]2C1.